The zero-order chi connectivity index (χ0) is 15.5. The summed E-state index contributed by atoms with van der Waals surface area (Å²) in [6.45, 7) is 9.25. The first-order valence-electron chi connectivity index (χ1n) is 8.11. The monoisotopic (exact) mass is 305 g/mol. The smallest absolute Gasteiger partial charge is 0.231 e. The van der Waals surface area contributed by atoms with E-state index in [1.165, 1.54) is 10.5 Å². The summed E-state index contributed by atoms with van der Waals surface area (Å²) in [4.78, 5) is 15.6. The molecule has 5 nitrogen and oxygen atoms in total. The molecule has 5 heteroatoms. The molecule has 0 radical (unpaired) electrons. The van der Waals surface area contributed by atoms with Crippen molar-refractivity contribution >= 4 is 5.91 Å². The highest BCUT2D eigenvalue weighted by molar-refractivity contribution is 5.76. The predicted molar refractivity (Wildman–Crippen MR) is 83.0 cm³/mol. The van der Waals surface area contributed by atoms with Gasteiger partial charge in [0, 0.05) is 12.0 Å². The van der Waals surface area contributed by atoms with Gasteiger partial charge in [0.15, 0.2) is 11.5 Å². The molecule has 1 N–H and O–H groups in total. The van der Waals surface area contributed by atoms with Crippen LogP contribution in [0.15, 0.2) is 18.2 Å². The van der Waals surface area contributed by atoms with Gasteiger partial charge in [-0.05, 0) is 24.1 Å². The average Bonchev–Trinajstić information content (AvgIpc) is 2.95. The van der Waals surface area contributed by atoms with Crippen LogP contribution < -0.4 is 14.4 Å². The van der Waals surface area contributed by atoms with Crippen LogP contribution in [0.3, 0.4) is 0 Å². The zero-order valence-electron chi connectivity index (χ0n) is 13.4. The van der Waals surface area contributed by atoms with E-state index in [9.17, 15) is 4.79 Å². The van der Waals surface area contributed by atoms with Gasteiger partial charge in [-0.15, -0.1) is 0 Å². The molecule has 2 aliphatic rings. The van der Waals surface area contributed by atoms with Gasteiger partial charge in [-0.25, -0.2) is 0 Å². The molecule has 1 aromatic carbocycles. The quantitative estimate of drug-likeness (QED) is 0.890. The van der Waals surface area contributed by atoms with Crippen molar-refractivity contribution < 1.29 is 19.2 Å². The predicted octanol–water partition coefficient (Wildman–Crippen LogP) is 0.689. The number of quaternary nitrogens is 1. The first-order chi connectivity index (χ1) is 10.6. The molecule has 0 bridgehead atoms. The summed E-state index contributed by atoms with van der Waals surface area (Å²) in [5.74, 6) is 2.43. The number of amides is 1. The van der Waals surface area contributed by atoms with Gasteiger partial charge in [0.25, 0.3) is 0 Å². The van der Waals surface area contributed by atoms with E-state index in [0.717, 1.165) is 44.2 Å². The summed E-state index contributed by atoms with van der Waals surface area (Å²) in [5, 5.41) is 0. The van der Waals surface area contributed by atoms with Gasteiger partial charge in [-0.3, -0.25) is 4.79 Å². The molecule has 1 fully saturated rings. The molecule has 120 valence electrons. The Bertz CT molecular complexity index is 537. The Hall–Kier alpha value is -1.75. The lowest BCUT2D eigenvalue weighted by Gasteiger charge is -2.32. The van der Waals surface area contributed by atoms with E-state index >= 15 is 0 Å². The Morgan fingerprint density at radius 2 is 1.95 bits per heavy atom. The topological polar surface area (TPSA) is 43.2 Å². The second-order valence-electron chi connectivity index (χ2n) is 6.59. The van der Waals surface area contributed by atoms with Crippen molar-refractivity contribution in [2.24, 2.45) is 5.92 Å². The number of fused-ring (bicyclic) bond motifs is 1. The Labute approximate surface area is 131 Å². The van der Waals surface area contributed by atoms with E-state index < -0.39 is 0 Å². The van der Waals surface area contributed by atoms with Crippen molar-refractivity contribution in [1.29, 1.82) is 0 Å². The molecule has 1 saturated heterocycles. The molecule has 0 aliphatic carbocycles. The van der Waals surface area contributed by atoms with Crippen LogP contribution in [0.5, 0.6) is 11.5 Å². The number of ether oxygens (including phenoxy) is 2. The van der Waals surface area contributed by atoms with E-state index in [0.29, 0.717) is 25.0 Å². The Morgan fingerprint density at radius 3 is 2.68 bits per heavy atom. The van der Waals surface area contributed by atoms with Crippen molar-refractivity contribution in [2.75, 3.05) is 33.0 Å². The van der Waals surface area contributed by atoms with Crippen LogP contribution in [-0.2, 0) is 11.3 Å². The molecule has 2 heterocycles. The number of carbonyl (C=O) groups excluding carboxylic acids is 1. The van der Waals surface area contributed by atoms with Crippen molar-refractivity contribution in [2.45, 2.75) is 26.8 Å². The van der Waals surface area contributed by atoms with Crippen molar-refractivity contribution in [3.05, 3.63) is 23.8 Å². The highest BCUT2D eigenvalue weighted by atomic mass is 16.7. The number of hydrogen-bond acceptors (Lipinski definition) is 3. The Kier molecular flexibility index (Phi) is 4.52. The molecule has 2 aliphatic heterocycles. The second-order valence-corrected chi connectivity index (χ2v) is 6.59. The second kappa shape index (κ2) is 6.57. The minimum atomic E-state index is 0.303. The molecule has 3 rings (SSSR count). The van der Waals surface area contributed by atoms with Crippen LogP contribution in [-0.4, -0.2) is 43.8 Å². The van der Waals surface area contributed by atoms with Gasteiger partial charge in [-0.1, -0.05) is 13.8 Å². The third-order valence-corrected chi connectivity index (χ3v) is 4.30. The molecule has 0 saturated carbocycles. The normalized spacial score (nSPS) is 18.0. The van der Waals surface area contributed by atoms with Gasteiger partial charge in [0.2, 0.25) is 12.7 Å². The number of piperazine rings is 1. The SMILES string of the molecule is CC(C)CC(=O)N1CC[NH+](Cc2ccc3c(c2)OCO3)CC1. The van der Waals surface area contributed by atoms with Crippen molar-refractivity contribution in [3.8, 4) is 11.5 Å². The number of hydrogen-bond donors (Lipinski definition) is 1. The number of benzene rings is 1. The number of nitrogens with one attached hydrogen (secondary N) is 1. The van der Waals surface area contributed by atoms with E-state index in [2.05, 4.69) is 26.0 Å². The molecule has 1 amide bonds. The van der Waals surface area contributed by atoms with Gasteiger partial charge in [0.1, 0.15) is 6.54 Å². The Morgan fingerprint density at radius 1 is 1.23 bits per heavy atom. The van der Waals surface area contributed by atoms with Crippen LogP contribution in [0.2, 0.25) is 0 Å². The molecular weight excluding hydrogens is 280 g/mol. The lowest BCUT2D eigenvalue weighted by atomic mass is 10.1. The number of nitrogens with zero attached hydrogens (tertiary/aromatic N) is 1. The molecule has 0 spiro atoms. The highest BCUT2D eigenvalue weighted by Crippen LogP contribution is 2.32. The first-order valence-corrected chi connectivity index (χ1v) is 8.11. The molecule has 0 unspecified atom stereocenters. The third kappa shape index (κ3) is 3.53. The maximum Gasteiger partial charge on any atom is 0.231 e. The molecule has 0 aromatic heterocycles. The lowest BCUT2D eigenvalue weighted by Crippen LogP contribution is -3.13. The van der Waals surface area contributed by atoms with Gasteiger partial charge < -0.3 is 19.3 Å². The highest BCUT2D eigenvalue weighted by Gasteiger charge is 2.24. The van der Waals surface area contributed by atoms with Gasteiger partial charge in [0.05, 0.1) is 26.2 Å². The first kappa shape index (κ1) is 15.2. The standard InChI is InChI=1S/C17H24N2O3/c1-13(2)9-17(20)19-7-5-18(6-8-19)11-14-3-4-15-16(10-14)22-12-21-15/h3-4,10,13H,5-9,11-12H2,1-2H3/p+1. The summed E-state index contributed by atoms with van der Waals surface area (Å²) in [5.41, 5.74) is 1.27. The minimum absolute atomic E-state index is 0.303. The summed E-state index contributed by atoms with van der Waals surface area (Å²) < 4.78 is 10.8. The molecule has 1 aromatic rings. The molecule has 0 atom stereocenters. The van der Waals surface area contributed by atoms with Crippen molar-refractivity contribution in [3.63, 3.8) is 0 Å². The van der Waals surface area contributed by atoms with Crippen LogP contribution in [0.4, 0.5) is 0 Å². The summed E-state index contributed by atoms with van der Waals surface area (Å²) >= 11 is 0. The summed E-state index contributed by atoms with van der Waals surface area (Å²) in [6.07, 6.45) is 0.664. The fourth-order valence-electron chi connectivity index (χ4n) is 3.07. The largest absolute Gasteiger partial charge is 0.454 e. The third-order valence-electron chi connectivity index (χ3n) is 4.30. The van der Waals surface area contributed by atoms with E-state index in [1.54, 1.807) is 0 Å². The zero-order valence-corrected chi connectivity index (χ0v) is 13.4. The molecule has 22 heavy (non-hydrogen) atoms. The number of rotatable bonds is 4. The van der Waals surface area contributed by atoms with Gasteiger partial charge in [-0.2, -0.15) is 0 Å². The summed E-state index contributed by atoms with van der Waals surface area (Å²) in [7, 11) is 0. The Balaban J connectivity index is 1.51. The fraction of sp³-hybridized carbons (Fsp3) is 0.588. The van der Waals surface area contributed by atoms with Gasteiger partial charge >= 0.3 is 0 Å². The van der Waals surface area contributed by atoms with Crippen LogP contribution >= 0.6 is 0 Å². The maximum absolute atomic E-state index is 12.1. The number of carbonyl (C=O) groups is 1. The van der Waals surface area contributed by atoms with Crippen LogP contribution in [0.25, 0.3) is 0 Å². The maximum atomic E-state index is 12.1. The van der Waals surface area contributed by atoms with Crippen LogP contribution in [0, 0.1) is 5.92 Å². The van der Waals surface area contributed by atoms with Crippen LogP contribution in [0.1, 0.15) is 25.8 Å². The summed E-state index contributed by atoms with van der Waals surface area (Å²) in [6, 6.07) is 6.17. The van der Waals surface area contributed by atoms with E-state index in [4.69, 9.17) is 9.47 Å². The van der Waals surface area contributed by atoms with E-state index in [-0.39, 0.29) is 0 Å². The lowest BCUT2D eigenvalue weighted by molar-refractivity contribution is -0.917. The van der Waals surface area contributed by atoms with E-state index in [1.807, 2.05) is 11.0 Å². The minimum Gasteiger partial charge on any atom is -0.454 e. The average molecular weight is 305 g/mol. The molecular formula is C17H25N2O3+. The van der Waals surface area contributed by atoms with Crippen molar-refractivity contribution in [1.82, 2.24) is 4.90 Å². The fourth-order valence-corrected chi connectivity index (χ4v) is 3.07.